The molecular formula is C24H30N2O3. The van der Waals surface area contributed by atoms with Crippen LogP contribution < -0.4 is 14.8 Å². The highest BCUT2D eigenvalue weighted by Gasteiger charge is 2.42. The SMILES string of the molecule is COc1ccc(C[C@H](C)N2CC[C@@]3(CCc4ccccc4C(=O)N3)C2)cc1OC. The predicted octanol–water partition coefficient (Wildman–Crippen LogP) is 3.46. The van der Waals surface area contributed by atoms with Crippen LogP contribution in [0.4, 0.5) is 0 Å². The van der Waals surface area contributed by atoms with Crippen molar-refractivity contribution in [3.8, 4) is 11.5 Å². The first-order chi connectivity index (χ1) is 14.0. The molecule has 4 rings (SSSR count). The van der Waals surface area contributed by atoms with Crippen molar-refractivity contribution in [3.63, 3.8) is 0 Å². The second-order valence-electron chi connectivity index (χ2n) is 8.35. The number of carbonyl (C=O) groups excluding carboxylic acids is 1. The Morgan fingerprint density at radius 3 is 2.69 bits per heavy atom. The van der Waals surface area contributed by atoms with E-state index in [1.54, 1.807) is 14.2 Å². The highest BCUT2D eigenvalue weighted by atomic mass is 16.5. The highest BCUT2D eigenvalue weighted by Crippen LogP contribution is 2.33. The maximum absolute atomic E-state index is 12.8. The molecule has 1 fully saturated rings. The van der Waals surface area contributed by atoms with Crippen molar-refractivity contribution in [2.45, 2.75) is 44.2 Å². The summed E-state index contributed by atoms with van der Waals surface area (Å²) in [6.45, 7) is 4.18. The summed E-state index contributed by atoms with van der Waals surface area (Å²) < 4.78 is 10.8. The van der Waals surface area contributed by atoms with Gasteiger partial charge in [-0.05, 0) is 61.9 Å². The Morgan fingerprint density at radius 2 is 1.90 bits per heavy atom. The molecule has 2 aliphatic rings. The van der Waals surface area contributed by atoms with Gasteiger partial charge in [0.05, 0.1) is 19.8 Å². The van der Waals surface area contributed by atoms with Gasteiger partial charge in [0.15, 0.2) is 11.5 Å². The van der Waals surface area contributed by atoms with Crippen LogP contribution in [-0.4, -0.2) is 49.7 Å². The average molecular weight is 395 g/mol. The minimum Gasteiger partial charge on any atom is -0.493 e. The van der Waals surface area contributed by atoms with Crippen molar-refractivity contribution in [1.82, 2.24) is 10.2 Å². The maximum Gasteiger partial charge on any atom is 0.252 e. The average Bonchev–Trinajstić information content (AvgIpc) is 3.10. The number of methoxy groups -OCH3 is 2. The van der Waals surface area contributed by atoms with E-state index in [0.29, 0.717) is 6.04 Å². The molecular weight excluding hydrogens is 364 g/mol. The van der Waals surface area contributed by atoms with Crippen LogP contribution in [0, 0.1) is 0 Å². The molecule has 0 aliphatic carbocycles. The Morgan fingerprint density at radius 1 is 1.10 bits per heavy atom. The number of likely N-dealkylation sites (tertiary alicyclic amines) is 1. The minimum absolute atomic E-state index is 0.0764. The number of fused-ring (bicyclic) bond motifs is 1. The van der Waals surface area contributed by atoms with Crippen molar-refractivity contribution in [2.24, 2.45) is 0 Å². The third-order valence-corrected chi connectivity index (χ3v) is 6.50. The van der Waals surface area contributed by atoms with E-state index in [2.05, 4.69) is 35.3 Å². The van der Waals surface area contributed by atoms with Crippen LogP contribution in [0.15, 0.2) is 42.5 Å². The second kappa shape index (κ2) is 8.07. The molecule has 5 heteroatoms. The highest BCUT2D eigenvalue weighted by molar-refractivity contribution is 5.96. The van der Waals surface area contributed by atoms with Gasteiger partial charge >= 0.3 is 0 Å². The van der Waals surface area contributed by atoms with Crippen LogP contribution in [0.25, 0.3) is 0 Å². The maximum atomic E-state index is 12.8. The van der Waals surface area contributed by atoms with E-state index < -0.39 is 0 Å². The van der Waals surface area contributed by atoms with Gasteiger partial charge in [-0.3, -0.25) is 9.69 Å². The molecule has 2 atom stereocenters. The zero-order valence-electron chi connectivity index (χ0n) is 17.5. The number of nitrogens with one attached hydrogen (secondary N) is 1. The molecule has 5 nitrogen and oxygen atoms in total. The van der Waals surface area contributed by atoms with Crippen molar-refractivity contribution < 1.29 is 14.3 Å². The molecule has 2 aromatic rings. The molecule has 1 amide bonds. The standard InChI is InChI=1S/C24H30N2O3/c1-17(14-18-8-9-21(28-2)22(15-18)29-3)26-13-12-24(16-26)11-10-19-6-4-5-7-20(19)23(27)25-24/h4-9,15,17H,10-14,16H2,1-3H3,(H,25,27)/t17-,24-/m0/s1. The van der Waals surface area contributed by atoms with Crippen LogP contribution in [0.2, 0.25) is 0 Å². The molecule has 2 aromatic carbocycles. The zero-order valence-corrected chi connectivity index (χ0v) is 17.5. The van der Waals surface area contributed by atoms with E-state index >= 15 is 0 Å². The van der Waals surface area contributed by atoms with Crippen molar-refractivity contribution >= 4 is 5.91 Å². The molecule has 0 saturated carbocycles. The summed E-state index contributed by atoms with van der Waals surface area (Å²) in [5.41, 5.74) is 3.11. The molecule has 0 bridgehead atoms. The van der Waals surface area contributed by atoms with Gasteiger partial charge in [-0.1, -0.05) is 24.3 Å². The van der Waals surface area contributed by atoms with Crippen LogP contribution in [0.1, 0.15) is 41.3 Å². The third-order valence-electron chi connectivity index (χ3n) is 6.50. The molecule has 29 heavy (non-hydrogen) atoms. The predicted molar refractivity (Wildman–Crippen MR) is 114 cm³/mol. The smallest absolute Gasteiger partial charge is 0.252 e. The fraction of sp³-hybridized carbons (Fsp3) is 0.458. The molecule has 2 heterocycles. The van der Waals surface area contributed by atoms with E-state index in [4.69, 9.17) is 9.47 Å². The van der Waals surface area contributed by atoms with Crippen LogP contribution >= 0.6 is 0 Å². The van der Waals surface area contributed by atoms with Crippen molar-refractivity contribution in [3.05, 3.63) is 59.2 Å². The van der Waals surface area contributed by atoms with Gasteiger partial charge in [-0.2, -0.15) is 0 Å². The van der Waals surface area contributed by atoms with Crippen LogP contribution in [-0.2, 0) is 12.8 Å². The number of hydrogen-bond donors (Lipinski definition) is 1. The fourth-order valence-electron chi connectivity index (χ4n) is 4.77. The lowest BCUT2D eigenvalue weighted by Crippen LogP contribution is -2.50. The normalized spacial score (nSPS) is 22.7. The van der Waals surface area contributed by atoms with Gasteiger partial charge in [-0.25, -0.2) is 0 Å². The molecule has 1 saturated heterocycles. The minimum atomic E-state index is -0.123. The summed E-state index contributed by atoms with van der Waals surface area (Å²) in [7, 11) is 3.32. The Balaban J connectivity index is 1.44. The lowest BCUT2D eigenvalue weighted by atomic mass is 9.91. The molecule has 1 spiro atoms. The van der Waals surface area contributed by atoms with E-state index in [1.165, 1.54) is 11.1 Å². The van der Waals surface area contributed by atoms with Crippen LogP contribution in [0.3, 0.4) is 0 Å². The van der Waals surface area contributed by atoms with Gasteiger partial charge < -0.3 is 14.8 Å². The van der Waals surface area contributed by atoms with Gasteiger partial charge in [-0.15, -0.1) is 0 Å². The number of carbonyl (C=O) groups is 1. The topological polar surface area (TPSA) is 50.8 Å². The van der Waals surface area contributed by atoms with E-state index in [0.717, 1.165) is 55.8 Å². The number of benzene rings is 2. The molecule has 1 N–H and O–H groups in total. The third kappa shape index (κ3) is 3.97. The lowest BCUT2D eigenvalue weighted by Gasteiger charge is -2.31. The number of amides is 1. The Bertz CT molecular complexity index is 897. The van der Waals surface area contributed by atoms with Gasteiger partial charge in [0.25, 0.3) is 5.91 Å². The Hall–Kier alpha value is -2.53. The molecule has 154 valence electrons. The molecule has 0 unspecified atom stereocenters. The Labute approximate surface area is 173 Å². The lowest BCUT2D eigenvalue weighted by molar-refractivity contribution is 0.0899. The summed E-state index contributed by atoms with van der Waals surface area (Å²) in [6.07, 6.45) is 3.88. The number of hydrogen-bond acceptors (Lipinski definition) is 4. The number of ether oxygens (including phenoxy) is 2. The van der Waals surface area contributed by atoms with Crippen molar-refractivity contribution in [1.29, 1.82) is 0 Å². The summed E-state index contributed by atoms with van der Waals surface area (Å²) >= 11 is 0. The summed E-state index contributed by atoms with van der Waals surface area (Å²) in [5.74, 6) is 1.60. The first-order valence-electron chi connectivity index (χ1n) is 10.4. The summed E-state index contributed by atoms with van der Waals surface area (Å²) in [6, 6.07) is 14.5. The largest absolute Gasteiger partial charge is 0.493 e. The van der Waals surface area contributed by atoms with E-state index in [-0.39, 0.29) is 11.4 Å². The van der Waals surface area contributed by atoms with Crippen LogP contribution in [0.5, 0.6) is 11.5 Å². The van der Waals surface area contributed by atoms with Gasteiger partial charge in [0.2, 0.25) is 0 Å². The Kier molecular flexibility index (Phi) is 5.50. The molecule has 0 aromatic heterocycles. The monoisotopic (exact) mass is 394 g/mol. The zero-order chi connectivity index (χ0) is 20.4. The number of aryl methyl sites for hydroxylation is 1. The van der Waals surface area contributed by atoms with Gasteiger partial charge in [0.1, 0.15) is 0 Å². The number of nitrogens with zero attached hydrogens (tertiary/aromatic N) is 1. The number of rotatable bonds is 5. The second-order valence-corrected chi connectivity index (χ2v) is 8.35. The molecule has 0 radical (unpaired) electrons. The van der Waals surface area contributed by atoms with E-state index in [1.807, 2.05) is 24.3 Å². The first-order valence-corrected chi connectivity index (χ1v) is 10.4. The quantitative estimate of drug-likeness (QED) is 0.844. The van der Waals surface area contributed by atoms with Crippen molar-refractivity contribution in [2.75, 3.05) is 27.3 Å². The molecule has 2 aliphatic heterocycles. The van der Waals surface area contributed by atoms with Gasteiger partial charge in [0, 0.05) is 24.7 Å². The summed E-state index contributed by atoms with van der Waals surface area (Å²) in [5, 5.41) is 3.38. The summed E-state index contributed by atoms with van der Waals surface area (Å²) in [4.78, 5) is 15.3. The first kappa shape index (κ1) is 19.8. The fourth-order valence-corrected chi connectivity index (χ4v) is 4.77. The van der Waals surface area contributed by atoms with E-state index in [9.17, 15) is 4.79 Å².